The Balaban J connectivity index is 0.000000241. The van der Waals surface area contributed by atoms with Crippen LogP contribution in [0.3, 0.4) is 0 Å². The number of halogens is 3. The minimum absolute atomic E-state index is 0.303. The molecule has 1 rings (SSSR count). The summed E-state index contributed by atoms with van der Waals surface area (Å²) in [5, 5.41) is 7.12. The minimum Gasteiger partial charge on any atom is -0.475 e. The number of aliphatic carboxylic acids is 1. The Morgan fingerprint density at radius 2 is 2.00 bits per heavy atom. The zero-order chi connectivity index (χ0) is 11.2. The Kier molecular flexibility index (Phi) is 4.33. The maximum atomic E-state index is 10.6. The van der Waals surface area contributed by atoms with E-state index in [1.54, 1.807) is 6.07 Å². The van der Waals surface area contributed by atoms with E-state index >= 15 is 0 Å². The van der Waals surface area contributed by atoms with Crippen LogP contribution in [-0.4, -0.2) is 27.2 Å². The van der Waals surface area contributed by atoms with E-state index in [4.69, 9.17) is 9.90 Å². The topological polar surface area (TPSA) is 83.0 Å². The molecule has 0 amide bonds. The Labute approximate surface area is 75.2 Å². The fourth-order valence-electron chi connectivity index (χ4n) is 0.310. The lowest BCUT2D eigenvalue weighted by Crippen LogP contribution is -2.21. The normalized spacial score (nSPS) is 9.93. The first kappa shape index (κ1) is 12.1. The molecule has 2 N–H and O–H groups in total. The lowest BCUT2D eigenvalue weighted by Gasteiger charge is -1.93. The second-order valence-electron chi connectivity index (χ2n) is 1.89. The van der Waals surface area contributed by atoms with Crippen molar-refractivity contribution in [2.24, 2.45) is 0 Å². The molecule has 0 saturated heterocycles. The van der Waals surface area contributed by atoms with Crippen molar-refractivity contribution in [3.8, 4) is 0 Å². The van der Waals surface area contributed by atoms with Gasteiger partial charge in [0, 0.05) is 12.4 Å². The van der Waals surface area contributed by atoms with Gasteiger partial charge >= 0.3 is 17.8 Å². The smallest absolute Gasteiger partial charge is 0.475 e. The molecule has 5 nitrogen and oxygen atoms in total. The van der Waals surface area contributed by atoms with Crippen molar-refractivity contribution in [1.82, 2.24) is 9.97 Å². The number of hydrogen-bond acceptors (Lipinski definition) is 3. The maximum Gasteiger partial charge on any atom is 0.490 e. The molecule has 0 saturated carbocycles. The monoisotopic (exact) mass is 210 g/mol. The largest absolute Gasteiger partial charge is 0.490 e. The van der Waals surface area contributed by atoms with Gasteiger partial charge in [-0.2, -0.15) is 13.2 Å². The number of carbonyl (C=O) groups is 1. The Bertz CT molecular complexity index is 329. The van der Waals surface area contributed by atoms with E-state index in [0.29, 0.717) is 0 Å². The Morgan fingerprint density at radius 1 is 1.50 bits per heavy atom. The highest BCUT2D eigenvalue weighted by Crippen LogP contribution is 2.13. The highest BCUT2D eigenvalue weighted by atomic mass is 19.4. The van der Waals surface area contributed by atoms with Crippen LogP contribution in [0.2, 0.25) is 0 Å². The molecule has 0 radical (unpaired) electrons. The van der Waals surface area contributed by atoms with Crippen LogP contribution >= 0.6 is 0 Å². The average Bonchev–Trinajstić information content (AvgIpc) is 2.04. The van der Waals surface area contributed by atoms with Gasteiger partial charge in [-0.05, 0) is 6.07 Å². The SMILES string of the molecule is O=C(O)C(F)(F)F.O=c1nccc[nH]1. The number of alkyl halides is 3. The van der Waals surface area contributed by atoms with Crippen LogP contribution in [0.4, 0.5) is 13.2 Å². The molecule has 0 atom stereocenters. The summed E-state index contributed by atoms with van der Waals surface area (Å²) in [6, 6.07) is 1.65. The molecule has 1 aromatic rings. The molecule has 0 aliphatic carbocycles. The number of nitrogens with zero attached hydrogens (tertiary/aromatic N) is 1. The number of rotatable bonds is 0. The second kappa shape index (κ2) is 5.00. The molecule has 0 bridgehead atoms. The maximum absolute atomic E-state index is 10.6. The van der Waals surface area contributed by atoms with Crippen molar-refractivity contribution >= 4 is 5.97 Å². The summed E-state index contributed by atoms with van der Waals surface area (Å²) in [4.78, 5) is 24.7. The van der Waals surface area contributed by atoms with E-state index in [1.807, 2.05) is 0 Å². The molecule has 1 aromatic heterocycles. The molecule has 0 unspecified atom stereocenters. The Hall–Kier alpha value is -1.86. The van der Waals surface area contributed by atoms with Crippen molar-refractivity contribution in [2.75, 3.05) is 0 Å². The third kappa shape index (κ3) is 5.75. The third-order valence-electron chi connectivity index (χ3n) is 0.823. The molecular weight excluding hydrogens is 205 g/mol. The van der Waals surface area contributed by atoms with E-state index < -0.39 is 12.1 Å². The summed E-state index contributed by atoms with van der Waals surface area (Å²) in [7, 11) is 0. The first-order chi connectivity index (χ1) is 6.34. The van der Waals surface area contributed by atoms with Gasteiger partial charge in [0.2, 0.25) is 0 Å². The van der Waals surface area contributed by atoms with Gasteiger partial charge in [0.1, 0.15) is 0 Å². The molecule has 0 aliphatic heterocycles. The van der Waals surface area contributed by atoms with Gasteiger partial charge in [0.05, 0.1) is 0 Å². The van der Waals surface area contributed by atoms with Crippen molar-refractivity contribution in [3.05, 3.63) is 28.9 Å². The number of H-pyrrole nitrogens is 1. The van der Waals surface area contributed by atoms with Gasteiger partial charge in [-0.25, -0.2) is 14.6 Å². The molecule has 0 spiro atoms. The van der Waals surface area contributed by atoms with Crippen molar-refractivity contribution in [3.63, 3.8) is 0 Å². The lowest BCUT2D eigenvalue weighted by molar-refractivity contribution is -0.192. The van der Waals surface area contributed by atoms with Gasteiger partial charge in [0.15, 0.2) is 0 Å². The molecular formula is C6H5F3N2O3. The number of carboxylic acids is 1. The molecule has 1 heterocycles. The van der Waals surface area contributed by atoms with Gasteiger partial charge < -0.3 is 10.1 Å². The first-order valence-electron chi connectivity index (χ1n) is 3.14. The Morgan fingerprint density at radius 3 is 2.14 bits per heavy atom. The van der Waals surface area contributed by atoms with Gasteiger partial charge in [-0.1, -0.05) is 0 Å². The molecule has 0 aromatic carbocycles. The minimum atomic E-state index is -5.08. The van der Waals surface area contributed by atoms with Crippen molar-refractivity contribution < 1.29 is 23.1 Å². The summed E-state index contributed by atoms with van der Waals surface area (Å²) < 4.78 is 31.7. The number of nitrogens with one attached hydrogen (secondary N) is 1. The fraction of sp³-hybridized carbons (Fsp3) is 0.167. The third-order valence-corrected chi connectivity index (χ3v) is 0.823. The molecule has 0 aliphatic rings. The van der Waals surface area contributed by atoms with Gasteiger partial charge in [-0.3, -0.25) is 0 Å². The van der Waals surface area contributed by atoms with Crippen LogP contribution in [0.15, 0.2) is 23.3 Å². The van der Waals surface area contributed by atoms with E-state index in [0.717, 1.165) is 0 Å². The number of hydrogen-bond donors (Lipinski definition) is 2. The predicted octanol–water partition coefficient (Wildman–Crippen LogP) is 0.403. The molecule has 14 heavy (non-hydrogen) atoms. The van der Waals surface area contributed by atoms with Crippen LogP contribution in [0.5, 0.6) is 0 Å². The van der Waals surface area contributed by atoms with Gasteiger partial charge in [-0.15, -0.1) is 0 Å². The molecule has 8 heteroatoms. The number of aromatic nitrogens is 2. The number of aromatic amines is 1. The lowest BCUT2D eigenvalue weighted by atomic mass is 10.7. The van der Waals surface area contributed by atoms with Crippen LogP contribution in [0, 0.1) is 0 Å². The van der Waals surface area contributed by atoms with E-state index in [1.165, 1.54) is 12.4 Å². The molecule has 78 valence electrons. The zero-order valence-electron chi connectivity index (χ0n) is 6.58. The van der Waals surface area contributed by atoms with Crippen molar-refractivity contribution in [1.29, 1.82) is 0 Å². The highest BCUT2D eigenvalue weighted by Gasteiger charge is 2.38. The van der Waals surface area contributed by atoms with Crippen LogP contribution in [0.1, 0.15) is 0 Å². The summed E-state index contributed by atoms with van der Waals surface area (Å²) >= 11 is 0. The summed E-state index contributed by atoms with van der Waals surface area (Å²) in [6.07, 6.45) is -2.10. The standard InChI is InChI=1S/C4H4N2O.C2HF3O2/c7-4-5-2-1-3-6-4;3-2(4,5)1(6)7/h1-3H,(H,5,6,7);(H,6,7). The second-order valence-corrected chi connectivity index (χ2v) is 1.89. The average molecular weight is 210 g/mol. The van der Waals surface area contributed by atoms with E-state index in [-0.39, 0.29) is 5.69 Å². The van der Waals surface area contributed by atoms with Crippen LogP contribution in [-0.2, 0) is 4.79 Å². The van der Waals surface area contributed by atoms with Crippen LogP contribution < -0.4 is 5.69 Å². The highest BCUT2D eigenvalue weighted by molar-refractivity contribution is 5.73. The zero-order valence-corrected chi connectivity index (χ0v) is 6.58. The predicted molar refractivity (Wildman–Crippen MR) is 38.5 cm³/mol. The number of carboxylic acid groups (broad SMARTS) is 1. The van der Waals surface area contributed by atoms with Crippen molar-refractivity contribution in [2.45, 2.75) is 6.18 Å². The van der Waals surface area contributed by atoms with Crippen LogP contribution in [0.25, 0.3) is 0 Å². The summed E-state index contributed by atoms with van der Waals surface area (Å²) in [5.41, 5.74) is -0.303. The fourth-order valence-corrected chi connectivity index (χ4v) is 0.310. The van der Waals surface area contributed by atoms with E-state index in [9.17, 15) is 18.0 Å². The first-order valence-corrected chi connectivity index (χ1v) is 3.14. The molecule has 0 fully saturated rings. The van der Waals surface area contributed by atoms with Gasteiger partial charge in [0.25, 0.3) is 0 Å². The summed E-state index contributed by atoms with van der Waals surface area (Å²) in [5.74, 6) is -2.76. The summed E-state index contributed by atoms with van der Waals surface area (Å²) in [6.45, 7) is 0. The van der Waals surface area contributed by atoms with E-state index in [2.05, 4.69) is 9.97 Å². The quantitative estimate of drug-likeness (QED) is 0.649.